The third-order valence-electron chi connectivity index (χ3n) is 6.56. The normalized spacial score (nSPS) is 17.2. The lowest BCUT2D eigenvalue weighted by Gasteiger charge is -2.29. The van der Waals surface area contributed by atoms with Crippen molar-refractivity contribution < 1.29 is 13.0 Å². The predicted molar refractivity (Wildman–Crippen MR) is 128 cm³/mol. The Morgan fingerprint density at radius 1 is 0.909 bits per heavy atom. The van der Waals surface area contributed by atoms with Crippen molar-refractivity contribution in [2.24, 2.45) is 0 Å². The summed E-state index contributed by atoms with van der Waals surface area (Å²) in [5.41, 5.74) is 3.90. The molecule has 1 saturated heterocycles. The van der Waals surface area contributed by atoms with E-state index >= 15 is 0 Å². The zero-order valence-electron chi connectivity index (χ0n) is 18.3. The maximum Gasteiger partial charge on any atom is 0.244 e. The van der Waals surface area contributed by atoms with Gasteiger partial charge in [-0.2, -0.15) is 0 Å². The highest BCUT2D eigenvalue weighted by molar-refractivity contribution is 7.89. The SMILES string of the molecule is CN(C)S(=O)(=O)c1ccc(N2CCCC2n2c3ccccc3c3ccccc32)c2nonc12. The molecular formula is C24H23N5O3S. The molecule has 8 nitrogen and oxygen atoms in total. The summed E-state index contributed by atoms with van der Waals surface area (Å²) in [5.74, 6) is 0. The molecule has 0 bridgehead atoms. The van der Waals surface area contributed by atoms with E-state index in [2.05, 4.69) is 68.3 Å². The Kier molecular flexibility index (Phi) is 4.46. The van der Waals surface area contributed by atoms with Crippen LogP contribution in [0.1, 0.15) is 19.0 Å². The molecule has 6 rings (SSSR count). The number of hydrogen-bond acceptors (Lipinski definition) is 6. The van der Waals surface area contributed by atoms with E-state index in [1.807, 2.05) is 6.07 Å². The third-order valence-corrected chi connectivity index (χ3v) is 8.41. The molecule has 33 heavy (non-hydrogen) atoms. The molecule has 168 valence electrons. The summed E-state index contributed by atoms with van der Waals surface area (Å²) in [7, 11) is -0.678. The second-order valence-electron chi connectivity index (χ2n) is 8.55. The third kappa shape index (κ3) is 2.89. The van der Waals surface area contributed by atoms with Crippen LogP contribution in [0.2, 0.25) is 0 Å². The monoisotopic (exact) mass is 461 g/mol. The fraction of sp³-hybridized carbons (Fsp3) is 0.250. The second kappa shape index (κ2) is 7.29. The molecule has 1 atom stereocenters. The molecule has 0 saturated carbocycles. The number of nitrogens with zero attached hydrogens (tertiary/aromatic N) is 5. The van der Waals surface area contributed by atoms with E-state index in [1.54, 1.807) is 6.07 Å². The Hall–Kier alpha value is -3.43. The van der Waals surface area contributed by atoms with E-state index in [1.165, 1.54) is 40.2 Å². The van der Waals surface area contributed by atoms with Crippen LogP contribution in [0.5, 0.6) is 0 Å². The minimum atomic E-state index is -3.68. The Bertz CT molecular complexity index is 1570. The summed E-state index contributed by atoms with van der Waals surface area (Å²) in [5, 5.41) is 10.5. The molecule has 1 fully saturated rings. The first-order chi connectivity index (χ1) is 16.0. The number of aromatic nitrogens is 3. The number of para-hydroxylation sites is 2. The van der Waals surface area contributed by atoms with Gasteiger partial charge < -0.3 is 9.47 Å². The summed E-state index contributed by atoms with van der Waals surface area (Å²) in [4.78, 5) is 2.39. The van der Waals surface area contributed by atoms with Gasteiger partial charge in [-0.1, -0.05) is 36.4 Å². The minimum absolute atomic E-state index is 0.0611. The topological polar surface area (TPSA) is 84.5 Å². The molecule has 0 aliphatic carbocycles. The van der Waals surface area contributed by atoms with Crippen LogP contribution < -0.4 is 4.90 Å². The van der Waals surface area contributed by atoms with E-state index in [0.29, 0.717) is 5.52 Å². The molecule has 0 spiro atoms. The number of hydrogen-bond donors (Lipinski definition) is 0. The van der Waals surface area contributed by atoms with Crippen molar-refractivity contribution in [2.45, 2.75) is 23.9 Å². The van der Waals surface area contributed by atoms with Crippen LogP contribution in [0.4, 0.5) is 5.69 Å². The zero-order chi connectivity index (χ0) is 22.7. The van der Waals surface area contributed by atoms with Crippen molar-refractivity contribution in [3.63, 3.8) is 0 Å². The van der Waals surface area contributed by atoms with Crippen LogP contribution in [0.25, 0.3) is 32.8 Å². The van der Waals surface area contributed by atoms with E-state index in [0.717, 1.165) is 25.1 Å². The molecule has 0 N–H and O–H groups in total. The summed E-state index contributed by atoms with van der Waals surface area (Å²) in [6.45, 7) is 0.827. The molecule has 3 heterocycles. The van der Waals surface area contributed by atoms with Gasteiger partial charge in [-0.05, 0) is 47.4 Å². The van der Waals surface area contributed by atoms with Gasteiger partial charge in [0.2, 0.25) is 10.0 Å². The smallest absolute Gasteiger partial charge is 0.244 e. The molecule has 0 radical (unpaired) electrons. The standard InChI is InChI=1S/C24H23N5O3S/c1-27(2)33(30,31)21-14-13-20(23-24(21)26-32-25-23)28-15-7-12-22(28)29-18-10-5-3-8-16(18)17-9-4-6-11-19(17)29/h3-6,8-11,13-14,22H,7,12,15H2,1-2H3. The summed E-state index contributed by atoms with van der Waals surface area (Å²) >= 11 is 0. The van der Waals surface area contributed by atoms with Crippen LogP contribution >= 0.6 is 0 Å². The lowest BCUT2D eigenvalue weighted by atomic mass is 10.2. The van der Waals surface area contributed by atoms with Gasteiger partial charge in [0.15, 0.2) is 11.0 Å². The summed E-state index contributed by atoms with van der Waals surface area (Å²) in [6, 6.07) is 20.4. The molecule has 5 aromatic rings. The second-order valence-corrected chi connectivity index (χ2v) is 10.7. The van der Waals surface area contributed by atoms with Gasteiger partial charge >= 0.3 is 0 Å². The summed E-state index contributed by atoms with van der Waals surface area (Å²) in [6.07, 6.45) is 2.04. The Morgan fingerprint density at radius 2 is 1.55 bits per heavy atom. The maximum absolute atomic E-state index is 12.8. The number of rotatable bonds is 4. The minimum Gasteiger partial charge on any atom is -0.349 e. The molecule has 9 heteroatoms. The van der Waals surface area contributed by atoms with Gasteiger partial charge in [-0.3, -0.25) is 0 Å². The van der Waals surface area contributed by atoms with Gasteiger partial charge in [-0.15, -0.1) is 0 Å². The first kappa shape index (κ1) is 20.2. The zero-order valence-corrected chi connectivity index (χ0v) is 19.2. The number of sulfonamides is 1. The van der Waals surface area contributed by atoms with E-state index in [4.69, 9.17) is 4.63 Å². The Balaban J connectivity index is 1.55. The van der Waals surface area contributed by atoms with Crippen molar-refractivity contribution in [3.05, 3.63) is 60.7 Å². The molecule has 1 unspecified atom stereocenters. The average molecular weight is 462 g/mol. The highest BCUT2D eigenvalue weighted by Crippen LogP contribution is 2.41. The molecular weight excluding hydrogens is 438 g/mol. The number of fused-ring (bicyclic) bond motifs is 4. The average Bonchev–Trinajstić information content (AvgIpc) is 3.55. The fourth-order valence-corrected chi connectivity index (χ4v) is 6.05. The lowest BCUT2D eigenvalue weighted by Crippen LogP contribution is -2.27. The molecule has 0 amide bonds. The van der Waals surface area contributed by atoms with Crippen LogP contribution in [-0.4, -0.2) is 48.2 Å². The molecule has 3 aromatic carbocycles. The van der Waals surface area contributed by atoms with Gasteiger partial charge in [0.05, 0.1) is 16.7 Å². The van der Waals surface area contributed by atoms with Crippen LogP contribution in [0, 0.1) is 0 Å². The van der Waals surface area contributed by atoms with Crippen LogP contribution in [0.3, 0.4) is 0 Å². The predicted octanol–water partition coefficient (Wildman–Crippen LogP) is 4.38. The lowest BCUT2D eigenvalue weighted by molar-refractivity contribution is 0.315. The first-order valence-corrected chi connectivity index (χ1v) is 12.3. The van der Waals surface area contributed by atoms with Gasteiger partial charge in [0.25, 0.3) is 0 Å². The highest BCUT2D eigenvalue weighted by atomic mass is 32.2. The quantitative estimate of drug-likeness (QED) is 0.395. The van der Waals surface area contributed by atoms with Gasteiger partial charge in [0.1, 0.15) is 11.1 Å². The van der Waals surface area contributed by atoms with E-state index in [-0.39, 0.29) is 16.6 Å². The van der Waals surface area contributed by atoms with Crippen LogP contribution in [-0.2, 0) is 10.0 Å². The van der Waals surface area contributed by atoms with Crippen molar-refractivity contribution in [1.82, 2.24) is 19.2 Å². The Morgan fingerprint density at radius 3 is 2.21 bits per heavy atom. The van der Waals surface area contributed by atoms with E-state index in [9.17, 15) is 8.42 Å². The van der Waals surface area contributed by atoms with Crippen molar-refractivity contribution in [3.8, 4) is 0 Å². The van der Waals surface area contributed by atoms with Crippen molar-refractivity contribution in [2.75, 3.05) is 25.5 Å². The van der Waals surface area contributed by atoms with E-state index < -0.39 is 10.0 Å². The van der Waals surface area contributed by atoms with Crippen molar-refractivity contribution in [1.29, 1.82) is 0 Å². The highest BCUT2D eigenvalue weighted by Gasteiger charge is 2.32. The summed E-state index contributed by atoms with van der Waals surface area (Å²) < 4.78 is 34.2. The first-order valence-electron chi connectivity index (χ1n) is 10.9. The van der Waals surface area contributed by atoms with Crippen LogP contribution in [0.15, 0.2) is 70.2 Å². The number of anilines is 1. The Labute approximate surface area is 191 Å². The van der Waals surface area contributed by atoms with Crippen molar-refractivity contribution >= 4 is 48.5 Å². The largest absolute Gasteiger partial charge is 0.349 e. The molecule has 1 aliphatic heterocycles. The number of benzene rings is 3. The molecule has 2 aromatic heterocycles. The maximum atomic E-state index is 12.8. The van der Waals surface area contributed by atoms with Gasteiger partial charge in [0, 0.05) is 31.4 Å². The molecule has 1 aliphatic rings. The fourth-order valence-electron chi connectivity index (χ4n) is 5.04. The van der Waals surface area contributed by atoms with Gasteiger partial charge in [-0.25, -0.2) is 17.4 Å².